The molecular weight excluding hydrogens is 761 g/mol. The molecule has 0 saturated heterocycles. The van der Waals surface area contributed by atoms with Gasteiger partial charge in [0, 0.05) is 12.0 Å². The van der Waals surface area contributed by atoms with Crippen molar-refractivity contribution in [2.75, 3.05) is 13.2 Å². The quantitative estimate of drug-likeness (QED) is 0.119. The second kappa shape index (κ2) is 18.0. The zero-order chi connectivity index (χ0) is 40.6. The van der Waals surface area contributed by atoms with E-state index >= 15 is 0 Å². The van der Waals surface area contributed by atoms with Gasteiger partial charge < -0.3 is 29.7 Å². The van der Waals surface area contributed by atoms with Gasteiger partial charge in [-0.25, -0.2) is 4.79 Å². The summed E-state index contributed by atoms with van der Waals surface area (Å²) in [6.07, 6.45) is -0.758. The fourth-order valence-electron chi connectivity index (χ4n) is 5.93. The van der Waals surface area contributed by atoms with Gasteiger partial charge in [-0.1, -0.05) is 96.8 Å². The van der Waals surface area contributed by atoms with E-state index in [1.165, 1.54) is 12.1 Å². The number of amides is 2. The number of fused-ring (bicyclic) bond motifs is 1. The highest BCUT2D eigenvalue weighted by Crippen LogP contribution is 2.30. The average Bonchev–Trinajstić information content (AvgIpc) is 3.59. The smallest absolute Gasteiger partial charge is 0.341 e. The molecule has 1 aliphatic rings. The maximum atomic E-state index is 14.4. The van der Waals surface area contributed by atoms with Gasteiger partial charge in [-0.3, -0.25) is 19.2 Å². The van der Waals surface area contributed by atoms with E-state index in [1.54, 1.807) is 69.3 Å². The number of carbonyl (C=O) groups is 5. The number of oxime groups is 1. The van der Waals surface area contributed by atoms with Crippen LogP contribution in [-0.2, 0) is 28.7 Å². The number of ketones is 1. The summed E-state index contributed by atoms with van der Waals surface area (Å²) in [5, 5.41) is 11.9. The molecule has 56 heavy (non-hydrogen) atoms. The van der Waals surface area contributed by atoms with Gasteiger partial charge >= 0.3 is 11.9 Å². The summed E-state index contributed by atoms with van der Waals surface area (Å²) >= 11 is 12.3. The largest absolute Gasteiger partial charge is 0.489 e. The number of Topliss-reactive ketones (excluding diaryl/α,β-unsaturated/α-hetero) is 1. The Kier molecular flexibility index (Phi) is 13.4. The van der Waals surface area contributed by atoms with Gasteiger partial charge in [-0.15, -0.1) is 0 Å². The van der Waals surface area contributed by atoms with Gasteiger partial charge in [0.2, 0.25) is 0 Å². The van der Waals surface area contributed by atoms with Crippen LogP contribution >= 0.6 is 23.2 Å². The first-order valence-corrected chi connectivity index (χ1v) is 18.7. The third-order valence-corrected chi connectivity index (χ3v) is 9.38. The molecular formula is C42H43Cl2N3O9. The molecule has 1 unspecified atom stereocenters. The zero-order valence-corrected chi connectivity index (χ0v) is 33.1. The Balaban J connectivity index is 1.38. The number of para-hydroxylation sites is 1. The lowest BCUT2D eigenvalue weighted by Gasteiger charge is -2.29. The van der Waals surface area contributed by atoms with E-state index in [1.807, 2.05) is 44.2 Å². The molecule has 1 aliphatic heterocycles. The normalized spacial score (nSPS) is 16.2. The van der Waals surface area contributed by atoms with E-state index in [0.29, 0.717) is 17.0 Å². The molecule has 3 atom stereocenters. The van der Waals surface area contributed by atoms with Crippen molar-refractivity contribution in [3.8, 4) is 5.75 Å². The van der Waals surface area contributed by atoms with Gasteiger partial charge in [0.15, 0.2) is 12.4 Å². The third kappa shape index (κ3) is 10.6. The Morgan fingerprint density at radius 2 is 1.52 bits per heavy atom. The molecule has 0 spiro atoms. The first-order valence-electron chi connectivity index (χ1n) is 17.9. The van der Waals surface area contributed by atoms with Crippen LogP contribution < -0.4 is 15.4 Å². The van der Waals surface area contributed by atoms with Gasteiger partial charge in [-0.2, -0.15) is 0 Å². The van der Waals surface area contributed by atoms with E-state index < -0.39 is 59.9 Å². The molecule has 0 aliphatic carbocycles. The maximum Gasteiger partial charge on any atom is 0.341 e. The van der Waals surface area contributed by atoms with Crippen LogP contribution in [0.25, 0.3) is 10.8 Å². The summed E-state index contributed by atoms with van der Waals surface area (Å²) in [5.41, 5.74) is -2.13. The minimum absolute atomic E-state index is 0.0104. The van der Waals surface area contributed by atoms with Crippen molar-refractivity contribution in [2.24, 2.45) is 11.1 Å². The van der Waals surface area contributed by atoms with Gasteiger partial charge in [0.1, 0.15) is 24.0 Å². The Bertz CT molecular complexity index is 2110. The second-order valence-electron chi connectivity index (χ2n) is 14.7. The van der Waals surface area contributed by atoms with E-state index in [4.69, 9.17) is 42.3 Å². The van der Waals surface area contributed by atoms with E-state index in [0.717, 1.165) is 10.8 Å². The molecule has 0 radical (unpaired) electrons. The molecule has 2 N–H and O–H groups in total. The van der Waals surface area contributed by atoms with E-state index in [2.05, 4.69) is 15.8 Å². The van der Waals surface area contributed by atoms with Crippen LogP contribution in [-0.4, -0.2) is 71.7 Å². The fourth-order valence-corrected chi connectivity index (χ4v) is 6.48. The number of rotatable bonds is 15. The lowest BCUT2D eigenvalue weighted by Crippen LogP contribution is -2.57. The van der Waals surface area contributed by atoms with Crippen LogP contribution in [0.1, 0.15) is 68.2 Å². The molecule has 4 aromatic carbocycles. The van der Waals surface area contributed by atoms with Crippen molar-refractivity contribution in [3.05, 3.63) is 112 Å². The minimum Gasteiger partial charge on any atom is -0.489 e. The van der Waals surface area contributed by atoms with Crippen LogP contribution in [0.15, 0.2) is 96.2 Å². The predicted molar refractivity (Wildman–Crippen MR) is 212 cm³/mol. The molecule has 0 aromatic heterocycles. The Morgan fingerprint density at radius 1 is 0.857 bits per heavy atom. The van der Waals surface area contributed by atoms with Crippen molar-refractivity contribution in [2.45, 2.75) is 70.7 Å². The molecule has 0 saturated carbocycles. The molecule has 294 valence electrons. The predicted octanol–water partition coefficient (Wildman–Crippen LogP) is 7.14. The summed E-state index contributed by atoms with van der Waals surface area (Å²) in [6.45, 7) is 7.52. The Labute approximate surface area is 334 Å². The minimum atomic E-state index is -1.86. The SMILES string of the molecule is CC(C)[C@H](NC(=O)c1ccc2ccccc2c1)C1=NOC(COc2ccccc2)(C(=O)N[C@@H](CC(=O)OC(C)(C)C)C(=O)COC(=O)c2c(Cl)cccc2Cl)C1. The zero-order valence-electron chi connectivity index (χ0n) is 31.6. The van der Waals surface area contributed by atoms with Crippen molar-refractivity contribution in [1.29, 1.82) is 0 Å². The summed E-state index contributed by atoms with van der Waals surface area (Å²) in [6, 6.07) is 24.0. The average molecular weight is 805 g/mol. The second-order valence-corrected chi connectivity index (χ2v) is 15.5. The van der Waals surface area contributed by atoms with Gasteiger partial charge in [0.25, 0.3) is 17.4 Å². The van der Waals surface area contributed by atoms with Crippen LogP contribution in [0.4, 0.5) is 0 Å². The van der Waals surface area contributed by atoms with Crippen molar-refractivity contribution < 1.29 is 43.0 Å². The van der Waals surface area contributed by atoms with Crippen LogP contribution in [0.3, 0.4) is 0 Å². The molecule has 0 bridgehead atoms. The third-order valence-electron chi connectivity index (χ3n) is 8.75. The fraction of sp³-hybridized carbons (Fsp3) is 0.333. The first-order chi connectivity index (χ1) is 26.5. The summed E-state index contributed by atoms with van der Waals surface area (Å²) in [7, 11) is 0. The number of halogens is 2. The molecule has 2 amide bonds. The summed E-state index contributed by atoms with van der Waals surface area (Å²) in [5.74, 6) is -3.58. The summed E-state index contributed by atoms with van der Waals surface area (Å²) in [4.78, 5) is 73.5. The highest BCUT2D eigenvalue weighted by molar-refractivity contribution is 6.39. The molecule has 1 heterocycles. The number of nitrogens with zero attached hydrogens (tertiary/aromatic N) is 1. The highest BCUT2D eigenvalue weighted by atomic mass is 35.5. The topological polar surface area (TPSA) is 159 Å². The Morgan fingerprint density at radius 3 is 2.18 bits per heavy atom. The lowest BCUT2D eigenvalue weighted by molar-refractivity contribution is -0.157. The van der Waals surface area contributed by atoms with Crippen LogP contribution in [0.2, 0.25) is 10.0 Å². The number of hydrogen-bond acceptors (Lipinski definition) is 10. The van der Waals surface area contributed by atoms with Gasteiger partial charge in [-0.05, 0) is 73.9 Å². The number of esters is 2. The van der Waals surface area contributed by atoms with Crippen molar-refractivity contribution >= 4 is 69.2 Å². The van der Waals surface area contributed by atoms with Crippen molar-refractivity contribution in [1.82, 2.24) is 10.6 Å². The number of nitrogens with one attached hydrogen (secondary N) is 2. The lowest BCUT2D eigenvalue weighted by atomic mass is 9.89. The summed E-state index contributed by atoms with van der Waals surface area (Å²) < 4.78 is 16.7. The standard InChI is InChI=1S/C42H43Cl2N3O9/c1-25(2)37(46-38(50)28-19-18-26-12-9-10-13-27(26)20-28)33-22-42(56-47-33,24-54-29-14-7-6-8-15-29)40(52)45-32(21-35(49)55-41(3,4)5)34(48)23-53-39(51)36-30(43)16-11-17-31(36)44/h6-20,25,32,37H,21-24H2,1-5H3,(H,45,52)(H,46,50)/t32-,37-,42?/m0/s1. The van der Waals surface area contributed by atoms with Crippen molar-refractivity contribution in [3.63, 3.8) is 0 Å². The van der Waals surface area contributed by atoms with E-state index in [9.17, 15) is 24.0 Å². The van der Waals surface area contributed by atoms with Crippen LogP contribution in [0, 0.1) is 5.92 Å². The Hall–Kier alpha value is -5.46. The molecule has 5 rings (SSSR count). The monoisotopic (exact) mass is 803 g/mol. The van der Waals surface area contributed by atoms with Crippen LogP contribution in [0.5, 0.6) is 5.75 Å². The number of benzene rings is 4. The molecule has 0 fully saturated rings. The van der Waals surface area contributed by atoms with Gasteiger partial charge in [0.05, 0.1) is 33.8 Å². The molecule has 12 nitrogen and oxygen atoms in total. The number of carbonyl (C=O) groups excluding carboxylic acids is 5. The van der Waals surface area contributed by atoms with E-state index in [-0.39, 0.29) is 40.5 Å². The maximum absolute atomic E-state index is 14.4. The number of ether oxygens (including phenoxy) is 3. The molecule has 14 heteroatoms. The first kappa shape index (κ1) is 41.7. The molecule has 4 aromatic rings. The number of hydrogen-bond donors (Lipinski definition) is 2. The highest BCUT2D eigenvalue weighted by Gasteiger charge is 2.51.